The number of nitrogens with zero attached hydrogens (tertiary/aromatic N) is 2. The van der Waals surface area contributed by atoms with Gasteiger partial charge in [-0.25, -0.2) is 14.6 Å². The minimum absolute atomic E-state index is 0. The number of rotatable bonds is 11. The Balaban J connectivity index is 0.00000486. The summed E-state index contributed by atoms with van der Waals surface area (Å²) < 4.78 is 23.1. The fourth-order valence-electron chi connectivity index (χ4n) is 6.44. The van der Waals surface area contributed by atoms with Crippen LogP contribution in [0.3, 0.4) is 0 Å². The third-order valence-corrected chi connectivity index (χ3v) is 11.0. The number of nitrogens with one attached hydrogen (secondary N) is 1. The highest BCUT2D eigenvalue weighted by molar-refractivity contribution is 7.14. The molecule has 3 aliphatic heterocycles. The van der Waals surface area contributed by atoms with Gasteiger partial charge in [0.25, 0.3) is 0 Å². The molecule has 1 amide bonds. The zero-order valence-corrected chi connectivity index (χ0v) is 30.2. The highest BCUT2D eigenvalue weighted by Crippen LogP contribution is 2.37. The smallest absolute Gasteiger partial charge is 0.414 e. The molecule has 2 aromatic heterocycles. The Bertz CT molecular complexity index is 1810. The Morgan fingerprint density at radius 3 is 2.42 bits per heavy atom. The van der Waals surface area contributed by atoms with E-state index in [1.807, 2.05) is 0 Å². The second kappa shape index (κ2) is 16.3. The molecule has 2 bridgehead atoms. The van der Waals surface area contributed by atoms with Crippen molar-refractivity contribution in [1.29, 1.82) is 0 Å². The Kier molecular flexibility index (Phi) is 12.1. The van der Waals surface area contributed by atoms with Gasteiger partial charge in [0.2, 0.25) is 0 Å². The number of thiophene rings is 1. The molecule has 3 aliphatic rings. The van der Waals surface area contributed by atoms with Gasteiger partial charge in [-0.2, -0.15) is 0 Å². The first-order chi connectivity index (χ1) is 23.6. The van der Waals surface area contributed by atoms with Crippen LogP contribution in [-0.4, -0.2) is 67.5 Å². The van der Waals surface area contributed by atoms with Gasteiger partial charge < -0.3 is 29.5 Å². The number of halogens is 2. The van der Waals surface area contributed by atoms with Crippen molar-refractivity contribution in [3.05, 3.63) is 97.4 Å². The Hall–Kier alpha value is -4.07. The molecule has 0 unspecified atom stereocenters. The predicted octanol–water partition coefficient (Wildman–Crippen LogP) is 7.10. The topological polar surface area (TPSA) is 142 Å². The maximum Gasteiger partial charge on any atom is 0.414 e. The fraction of sp³-hybridized carbons (Fsp3) is 0.361. The summed E-state index contributed by atoms with van der Waals surface area (Å²) in [5.74, 6) is 0.863. The number of aromatic amines is 1. The van der Waals surface area contributed by atoms with E-state index >= 15 is 0 Å². The van der Waals surface area contributed by atoms with Crippen molar-refractivity contribution in [3.8, 4) is 17.2 Å². The number of carbonyl (C=O) groups is 2. The normalized spacial score (nSPS) is 18.5. The highest BCUT2D eigenvalue weighted by Gasteiger charge is 2.38. The van der Waals surface area contributed by atoms with Crippen molar-refractivity contribution < 1.29 is 44.1 Å². The van der Waals surface area contributed by atoms with Crippen LogP contribution in [-0.2, 0) is 22.4 Å². The van der Waals surface area contributed by atoms with Gasteiger partial charge in [0.15, 0.2) is 23.9 Å². The molecular formula is C36H39Cl2N3O8S. The number of H-pyrrole nitrogens is 1. The number of piperidine rings is 3. The number of pyridine rings is 1. The second-order valence-corrected chi connectivity index (χ2v) is 14.2. The van der Waals surface area contributed by atoms with Crippen LogP contribution in [0.2, 0.25) is 10.0 Å². The number of esters is 1. The monoisotopic (exact) mass is 743 g/mol. The largest absolute Gasteiger partial charge is 0.870 e. The van der Waals surface area contributed by atoms with Gasteiger partial charge in [0.05, 0.1) is 26.5 Å². The zero-order valence-electron chi connectivity index (χ0n) is 27.9. The standard InChI is InChI=1S/C36H37Cl2N3O7S.H2O/c1-21-28(5-4-6-29(21)42)41(36(44)48-33-20-40-13-11-22(33)12-14-40)19-24-8-10-34(49-24)35(43)47-31(16-25-26(37)17-39-18-27(25)38)23-7-9-30(45-2)32(15-23)46-3;/h4-10,15,17-18,22,31,33,42H,11-14,16,19-20H2,1-3H3;1H2/t31-,33-;/m0./s1. The SMILES string of the molecule is COc1ccc([C@H](Cc2c(Cl)c[nH+]cc2Cl)OC(=O)c2ccc(CN(C(=O)O[C@H]3CN4CCC3CC4)c3cccc(O)c3C)s2)cc1OC.[OH-]. The molecule has 50 heavy (non-hydrogen) atoms. The number of aromatic hydroxyl groups is 1. The summed E-state index contributed by atoms with van der Waals surface area (Å²) in [5, 5.41) is 11.3. The van der Waals surface area contributed by atoms with Crippen LogP contribution in [0.1, 0.15) is 50.2 Å². The summed E-state index contributed by atoms with van der Waals surface area (Å²) in [6.45, 7) is 4.66. The molecule has 266 valence electrons. The van der Waals surface area contributed by atoms with Gasteiger partial charge in [-0.3, -0.25) is 9.80 Å². The molecule has 2 aromatic carbocycles. The minimum atomic E-state index is -0.779. The molecule has 14 heteroatoms. The van der Waals surface area contributed by atoms with Gasteiger partial charge in [-0.15, -0.1) is 11.3 Å². The van der Waals surface area contributed by atoms with Crippen molar-refractivity contribution in [2.24, 2.45) is 5.92 Å². The lowest BCUT2D eigenvalue weighted by molar-refractivity contribution is -0.377. The molecule has 3 N–H and O–H groups in total. The number of fused-ring (bicyclic) bond motifs is 3. The van der Waals surface area contributed by atoms with Crippen molar-refractivity contribution in [2.75, 3.05) is 38.8 Å². The van der Waals surface area contributed by atoms with Gasteiger partial charge in [-0.1, -0.05) is 35.3 Å². The predicted molar refractivity (Wildman–Crippen MR) is 189 cm³/mol. The number of amides is 1. The number of ether oxygens (including phenoxy) is 4. The summed E-state index contributed by atoms with van der Waals surface area (Å²) in [6, 6.07) is 13.8. The lowest BCUT2D eigenvalue weighted by Gasteiger charge is -2.44. The fourth-order valence-corrected chi connectivity index (χ4v) is 7.85. The molecule has 4 aromatic rings. The van der Waals surface area contributed by atoms with Crippen LogP contribution in [0.5, 0.6) is 17.2 Å². The average Bonchev–Trinajstić information content (AvgIpc) is 3.59. The van der Waals surface area contributed by atoms with Crippen LogP contribution in [0.15, 0.2) is 60.9 Å². The van der Waals surface area contributed by atoms with E-state index < -0.39 is 18.2 Å². The third kappa shape index (κ3) is 8.11. The summed E-state index contributed by atoms with van der Waals surface area (Å²) in [6.07, 6.45) is 3.97. The highest BCUT2D eigenvalue weighted by atomic mass is 35.5. The van der Waals surface area contributed by atoms with E-state index in [2.05, 4.69) is 9.88 Å². The molecule has 2 atom stereocenters. The van der Waals surface area contributed by atoms with Crippen LogP contribution in [0, 0.1) is 12.8 Å². The first-order valence-corrected chi connectivity index (χ1v) is 17.6. The lowest BCUT2D eigenvalue weighted by atomic mass is 9.86. The van der Waals surface area contributed by atoms with Crippen LogP contribution >= 0.6 is 34.5 Å². The number of anilines is 1. The number of carbonyl (C=O) groups excluding carboxylic acids is 2. The van der Waals surface area contributed by atoms with E-state index in [9.17, 15) is 14.7 Å². The Labute approximate surface area is 304 Å². The van der Waals surface area contributed by atoms with Crippen LogP contribution in [0.25, 0.3) is 0 Å². The van der Waals surface area contributed by atoms with Crippen molar-refractivity contribution in [2.45, 2.75) is 44.9 Å². The van der Waals surface area contributed by atoms with E-state index in [0.717, 1.165) is 37.4 Å². The second-order valence-electron chi connectivity index (χ2n) is 12.2. The van der Waals surface area contributed by atoms with E-state index in [4.69, 9.17) is 42.1 Å². The molecule has 11 nitrogen and oxygen atoms in total. The Morgan fingerprint density at radius 1 is 1.04 bits per heavy atom. The maximum absolute atomic E-state index is 13.8. The number of benzene rings is 2. The summed E-state index contributed by atoms with van der Waals surface area (Å²) in [4.78, 5) is 35.3. The zero-order chi connectivity index (χ0) is 34.7. The molecule has 3 fully saturated rings. The molecule has 5 heterocycles. The lowest BCUT2D eigenvalue weighted by Crippen LogP contribution is -2.53. The van der Waals surface area contributed by atoms with Crippen LogP contribution in [0.4, 0.5) is 10.5 Å². The number of hydrogen-bond acceptors (Lipinski definition) is 10. The van der Waals surface area contributed by atoms with E-state index in [1.54, 1.807) is 75.0 Å². The van der Waals surface area contributed by atoms with Gasteiger partial charge in [0, 0.05) is 29.0 Å². The van der Waals surface area contributed by atoms with Gasteiger partial charge in [0.1, 0.15) is 32.9 Å². The van der Waals surface area contributed by atoms with Crippen molar-refractivity contribution >= 4 is 52.3 Å². The van der Waals surface area contributed by atoms with Gasteiger partial charge in [-0.05, 0) is 80.7 Å². The molecule has 0 radical (unpaired) electrons. The van der Waals surface area contributed by atoms with E-state index in [0.29, 0.717) is 54.7 Å². The molecule has 0 spiro atoms. The number of hydrogen-bond donors (Lipinski definition) is 1. The summed E-state index contributed by atoms with van der Waals surface area (Å²) >= 11 is 14.2. The summed E-state index contributed by atoms with van der Waals surface area (Å²) in [7, 11) is 3.08. The van der Waals surface area contributed by atoms with E-state index in [1.165, 1.54) is 23.3 Å². The molecule has 0 saturated carbocycles. The molecule has 3 saturated heterocycles. The van der Waals surface area contributed by atoms with Crippen molar-refractivity contribution in [1.82, 2.24) is 4.90 Å². The maximum atomic E-state index is 13.8. The molecule has 7 rings (SSSR count). The first-order valence-electron chi connectivity index (χ1n) is 16.0. The molecule has 0 aliphatic carbocycles. The van der Waals surface area contributed by atoms with Gasteiger partial charge >= 0.3 is 12.1 Å². The number of methoxy groups -OCH3 is 2. The first kappa shape index (κ1) is 37.2. The summed E-state index contributed by atoms with van der Waals surface area (Å²) in [5.41, 5.74) is 2.35. The van der Waals surface area contributed by atoms with Crippen molar-refractivity contribution in [3.63, 3.8) is 0 Å². The van der Waals surface area contributed by atoms with Crippen LogP contribution < -0.4 is 19.4 Å². The van der Waals surface area contributed by atoms with E-state index in [-0.39, 0.29) is 30.3 Å². The molecular weight excluding hydrogens is 705 g/mol. The minimum Gasteiger partial charge on any atom is -0.870 e. The quantitative estimate of drug-likeness (QED) is 0.159. The average molecular weight is 745 g/mol. The number of phenolic OH excluding ortho intramolecular Hbond substituents is 1. The third-order valence-electron chi connectivity index (χ3n) is 9.23. The Morgan fingerprint density at radius 2 is 1.76 bits per heavy atom. The number of phenols is 1. The number of aromatic nitrogens is 1.